The van der Waals surface area contributed by atoms with E-state index < -0.39 is 0 Å². The first-order valence-corrected chi connectivity index (χ1v) is 9.67. The van der Waals surface area contributed by atoms with Gasteiger partial charge in [-0.25, -0.2) is 0 Å². The topological polar surface area (TPSA) is 38.3 Å². The Kier molecular flexibility index (Phi) is 5.97. The van der Waals surface area contributed by atoms with Gasteiger partial charge in [-0.1, -0.05) is 50.2 Å². The molecule has 1 atom stereocenters. The Morgan fingerprint density at radius 3 is 2.54 bits per heavy atom. The van der Waals surface area contributed by atoms with E-state index >= 15 is 0 Å². The number of amides is 1. The standard InChI is InChI=1S/C23H29NO2/c1-16(2)21-10-6-7-11-22(21)26-15-23(25)24-17(3)19-13-12-18-8-4-5-9-20(18)14-19/h6-7,10-14,16-17H,4-5,8-9,15H2,1-3H3,(H,24,25). The molecule has 1 amide bonds. The van der Waals surface area contributed by atoms with Crippen LogP contribution in [0.5, 0.6) is 5.75 Å². The summed E-state index contributed by atoms with van der Waals surface area (Å²) in [5.74, 6) is 1.07. The van der Waals surface area contributed by atoms with Gasteiger partial charge in [0.15, 0.2) is 6.61 Å². The molecule has 3 rings (SSSR count). The van der Waals surface area contributed by atoms with Gasteiger partial charge in [-0.05, 0) is 66.8 Å². The molecular weight excluding hydrogens is 322 g/mol. The second kappa shape index (κ2) is 8.39. The van der Waals surface area contributed by atoms with E-state index in [-0.39, 0.29) is 18.6 Å². The van der Waals surface area contributed by atoms with E-state index in [4.69, 9.17) is 4.74 Å². The molecule has 0 fully saturated rings. The molecule has 0 aliphatic heterocycles. The summed E-state index contributed by atoms with van der Waals surface area (Å²) in [6.07, 6.45) is 4.88. The molecule has 0 saturated carbocycles. The molecule has 26 heavy (non-hydrogen) atoms. The SMILES string of the molecule is CC(C)c1ccccc1OCC(=O)NC(C)c1ccc2c(c1)CCCC2. The van der Waals surface area contributed by atoms with Gasteiger partial charge in [-0.15, -0.1) is 0 Å². The van der Waals surface area contributed by atoms with Crippen LogP contribution >= 0.6 is 0 Å². The minimum absolute atomic E-state index is 0.0151. The summed E-state index contributed by atoms with van der Waals surface area (Å²) in [5.41, 5.74) is 5.20. The van der Waals surface area contributed by atoms with E-state index in [1.165, 1.54) is 36.0 Å². The largest absolute Gasteiger partial charge is 0.483 e. The van der Waals surface area contributed by atoms with E-state index in [1.807, 2.05) is 31.2 Å². The van der Waals surface area contributed by atoms with Crippen LogP contribution in [0.3, 0.4) is 0 Å². The second-order valence-electron chi connectivity index (χ2n) is 7.51. The Morgan fingerprint density at radius 2 is 1.77 bits per heavy atom. The number of rotatable bonds is 6. The molecule has 3 nitrogen and oxygen atoms in total. The smallest absolute Gasteiger partial charge is 0.258 e. The van der Waals surface area contributed by atoms with Crippen LogP contribution in [0.1, 0.15) is 67.8 Å². The van der Waals surface area contributed by atoms with Crippen LogP contribution in [-0.2, 0) is 17.6 Å². The first kappa shape index (κ1) is 18.5. The van der Waals surface area contributed by atoms with Gasteiger partial charge in [0.25, 0.3) is 5.91 Å². The lowest BCUT2D eigenvalue weighted by atomic mass is 9.89. The zero-order chi connectivity index (χ0) is 18.5. The molecule has 0 radical (unpaired) electrons. The van der Waals surface area contributed by atoms with Crippen molar-refractivity contribution >= 4 is 5.91 Å². The number of hydrogen-bond donors (Lipinski definition) is 1. The number of fused-ring (bicyclic) bond motifs is 1. The first-order valence-electron chi connectivity index (χ1n) is 9.67. The van der Waals surface area contributed by atoms with Crippen molar-refractivity contribution in [2.75, 3.05) is 6.61 Å². The molecule has 0 spiro atoms. The third kappa shape index (κ3) is 4.46. The molecule has 3 heteroatoms. The van der Waals surface area contributed by atoms with Gasteiger partial charge in [0.2, 0.25) is 0 Å². The third-order valence-electron chi connectivity index (χ3n) is 5.15. The summed E-state index contributed by atoms with van der Waals surface area (Å²) < 4.78 is 5.78. The Labute approximate surface area is 156 Å². The number of carbonyl (C=O) groups is 1. The van der Waals surface area contributed by atoms with Crippen molar-refractivity contribution in [2.24, 2.45) is 0 Å². The van der Waals surface area contributed by atoms with E-state index in [1.54, 1.807) is 0 Å². The number of nitrogens with one attached hydrogen (secondary N) is 1. The zero-order valence-electron chi connectivity index (χ0n) is 16.0. The summed E-state index contributed by atoms with van der Waals surface area (Å²) in [5, 5.41) is 3.06. The van der Waals surface area contributed by atoms with E-state index in [0.717, 1.165) is 17.7 Å². The normalized spacial score (nSPS) is 14.6. The second-order valence-corrected chi connectivity index (χ2v) is 7.51. The number of ether oxygens (including phenoxy) is 1. The van der Waals surface area contributed by atoms with Crippen LogP contribution in [-0.4, -0.2) is 12.5 Å². The summed E-state index contributed by atoms with van der Waals surface area (Å²) in [7, 11) is 0. The summed E-state index contributed by atoms with van der Waals surface area (Å²) in [6, 6.07) is 14.5. The van der Waals surface area contributed by atoms with Crippen molar-refractivity contribution in [3.05, 3.63) is 64.7 Å². The van der Waals surface area contributed by atoms with Crippen molar-refractivity contribution in [3.8, 4) is 5.75 Å². The molecule has 1 unspecified atom stereocenters. The van der Waals surface area contributed by atoms with Gasteiger partial charge in [0.1, 0.15) is 5.75 Å². The maximum Gasteiger partial charge on any atom is 0.258 e. The van der Waals surface area contributed by atoms with Crippen LogP contribution in [0.15, 0.2) is 42.5 Å². The van der Waals surface area contributed by atoms with Gasteiger partial charge in [-0.3, -0.25) is 4.79 Å². The zero-order valence-corrected chi connectivity index (χ0v) is 16.0. The van der Waals surface area contributed by atoms with Gasteiger partial charge in [-0.2, -0.15) is 0 Å². The molecule has 0 bridgehead atoms. The van der Waals surface area contributed by atoms with Crippen LogP contribution in [0.25, 0.3) is 0 Å². The number of aryl methyl sites for hydroxylation is 2. The van der Waals surface area contributed by atoms with Crippen LogP contribution < -0.4 is 10.1 Å². The minimum Gasteiger partial charge on any atom is -0.483 e. The van der Waals surface area contributed by atoms with E-state index in [0.29, 0.717) is 5.92 Å². The monoisotopic (exact) mass is 351 g/mol. The van der Waals surface area contributed by atoms with Crippen LogP contribution in [0, 0.1) is 0 Å². The van der Waals surface area contributed by atoms with Crippen LogP contribution in [0.4, 0.5) is 0 Å². The molecule has 1 aliphatic rings. The molecule has 0 aromatic heterocycles. The number of para-hydroxylation sites is 1. The van der Waals surface area contributed by atoms with Crippen molar-refractivity contribution in [2.45, 2.75) is 58.4 Å². The molecule has 0 heterocycles. The highest BCUT2D eigenvalue weighted by Gasteiger charge is 2.15. The summed E-state index contributed by atoms with van der Waals surface area (Å²) in [6.45, 7) is 6.32. The quantitative estimate of drug-likeness (QED) is 0.800. The Morgan fingerprint density at radius 1 is 1.04 bits per heavy atom. The average molecular weight is 351 g/mol. The first-order chi connectivity index (χ1) is 12.5. The molecule has 1 aliphatic carbocycles. The number of carbonyl (C=O) groups excluding carboxylic acids is 1. The highest BCUT2D eigenvalue weighted by molar-refractivity contribution is 5.78. The van der Waals surface area contributed by atoms with Gasteiger partial charge >= 0.3 is 0 Å². The van der Waals surface area contributed by atoms with Gasteiger partial charge in [0, 0.05) is 0 Å². The lowest BCUT2D eigenvalue weighted by molar-refractivity contribution is -0.123. The summed E-state index contributed by atoms with van der Waals surface area (Å²) in [4.78, 5) is 12.3. The average Bonchev–Trinajstić information content (AvgIpc) is 2.66. The Bertz CT molecular complexity index is 767. The van der Waals surface area contributed by atoms with Crippen molar-refractivity contribution in [3.63, 3.8) is 0 Å². The molecule has 2 aromatic carbocycles. The van der Waals surface area contributed by atoms with E-state index in [9.17, 15) is 4.79 Å². The highest BCUT2D eigenvalue weighted by Crippen LogP contribution is 2.26. The predicted octanol–water partition coefficient (Wildman–Crippen LogP) is 4.95. The fourth-order valence-corrected chi connectivity index (χ4v) is 3.62. The van der Waals surface area contributed by atoms with Crippen molar-refractivity contribution < 1.29 is 9.53 Å². The minimum atomic E-state index is -0.0891. The molecular formula is C23H29NO2. The fraction of sp³-hybridized carbons (Fsp3) is 0.435. The van der Waals surface area contributed by atoms with Crippen molar-refractivity contribution in [1.29, 1.82) is 0 Å². The maximum absolute atomic E-state index is 12.3. The summed E-state index contributed by atoms with van der Waals surface area (Å²) >= 11 is 0. The Hall–Kier alpha value is -2.29. The molecule has 1 N–H and O–H groups in total. The van der Waals surface area contributed by atoms with Gasteiger partial charge < -0.3 is 10.1 Å². The van der Waals surface area contributed by atoms with Crippen molar-refractivity contribution in [1.82, 2.24) is 5.32 Å². The van der Waals surface area contributed by atoms with E-state index in [2.05, 4.69) is 37.4 Å². The Balaban J connectivity index is 1.58. The van der Waals surface area contributed by atoms with Crippen LogP contribution in [0.2, 0.25) is 0 Å². The number of benzene rings is 2. The lowest BCUT2D eigenvalue weighted by Gasteiger charge is -2.20. The highest BCUT2D eigenvalue weighted by atomic mass is 16.5. The number of hydrogen-bond acceptors (Lipinski definition) is 2. The molecule has 2 aromatic rings. The molecule has 138 valence electrons. The lowest BCUT2D eigenvalue weighted by Crippen LogP contribution is -2.31. The maximum atomic E-state index is 12.3. The fourth-order valence-electron chi connectivity index (χ4n) is 3.62. The third-order valence-corrected chi connectivity index (χ3v) is 5.15. The predicted molar refractivity (Wildman–Crippen MR) is 106 cm³/mol. The molecule has 0 saturated heterocycles. The van der Waals surface area contributed by atoms with Gasteiger partial charge in [0.05, 0.1) is 6.04 Å².